The third-order valence-electron chi connectivity index (χ3n) is 5.77. The zero-order valence-corrected chi connectivity index (χ0v) is 18.4. The maximum Gasteiger partial charge on any atom is 0.258 e. The fourth-order valence-electron chi connectivity index (χ4n) is 4.31. The minimum Gasteiger partial charge on any atom is -0.334 e. The van der Waals surface area contributed by atoms with Gasteiger partial charge in [0.15, 0.2) is 0 Å². The molecule has 1 unspecified atom stereocenters. The first-order valence-electron chi connectivity index (χ1n) is 10.5. The number of rotatable bonds is 5. The van der Waals surface area contributed by atoms with E-state index < -0.39 is 0 Å². The molecule has 3 aromatic rings. The van der Waals surface area contributed by atoms with E-state index in [2.05, 4.69) is 34.9 Å². The van der Waals surface area contributed by atoms with Crippen molar-refractivity contribution >= 4 is 17.7 Å². The average molecular weight is 438 g/mol. The van der Waals surface area contributed by atoms with E-state index in [1.807, 2.05) is 18.2 Å². The van der Waals surface area contributed by atoms with Gasteiger partial charge in [-0.2, -0.15) is 4.98 Å². The smallest absolute Gasteiger partial charge is 0.258 e. The second-order valence-electron chi connectivity index (χ2n) is 8.16. The molecule has 31 heavy (non-hydrogen) atoms. The highest BCUT2D eigenvalue weighted by molar-refractivity contribution is 6.30. The van der Waals surface area contributed by atoms with E-state index in [1.165, 1.54) is 11.6 Å². The largest absolute Gasteiger partial charge is 0.334 e. The molecule has 6 heteroatoms. The summed E-state index contributed by atoms with van der Waals surface area (Å²) in [5.41, 5.74) is 6.49. The highest BCUT2D eigenvalue weighted by atomic mass is 35.5. The van der Waals surface area contributed by atoms with Crippen molar-refractivity contribution < 1.29 is 8.91 Å². The van der Waals surface area contributed by atoms with Crippen LogP contribution in [0.25, 0.3) is 17.5 Å². The summed E-state index contributed by atoms with van der Waals surface area (Å²) in [4.78, 5) is 6.61. The van der Waals surface area contributed by atoms with Crippen LogP contribution in [0.5, 0.6) is 0 Å². The topological polar surface area (TPSA) is 42.2 Å². The highest BCUT2D eigenvalue weighted by Crippen LogP contribution is 2.39. The van der Waals surface area contributed by atoms with Crippen LogP contribution in [-0.2, 0) is 0 Å². The lowest BCUT2D eigenvalue weighted by molar-refractivity contribution is 0.183. The van der Waals surface area contributed by atoms with E-state index >= 15 is 0 Å². The van der Waals surface area contributed by atoms with Crippen molar-refractivity contribution in [3.05, 3.63) is 82.1 Å². The molecular weight excluding hydrogens is 413 g/mol. The molecule has 2 aromatic carbocycles. The van der Waals surface area contributed by atoms with E-state index in [9.17, 15) is 4.39 Å². The molecule has 1 aliphatic rings. The lowest BCUT2D eigenvalue weighted by atomic mass is 9.79. The van der Waals surface area contributed by atoms with Crippen LogP contribution in [0.15, 0.2) is 64.4 Å². The molecule has 1 aliphatic carbocycles. The number of benzene rings is 2. The van der Waals surface area contributed by atoms with Gasteiger partial charge in [0.05, 0.1) is 0 Å². The van der Waals surface area contributed by atoms with Crippen LogP contribution in [0.4, 0.5) is 4.39 Å². The van der Waals surface area contributed by atoms with Gasteiger partial charge < -0.3 is 9.42 Å². The molecule has 1 atom stereocenters. The zero-order chi connectivity index (χ0) is 21.8. The predicted octanol–water partition coefficient (Wildman–Crippen LogP) is 6.56. The maximum absolute atomic E-state index is 13.7. The number of halogens is 2. The van der Waals surface area contributed by atoms with Crippen molar-refractivity contribution in [2.45, 2.75) is 31.7 Å². The van der Waals surface area contributed by atoms with Gasteiger partial charge in [0.25, 0.3) is 5.89 Å². The molecule has 0 aliphatic heterocycles. The van der Waals surface area contributed by atoms with Crippen LogP contribution in [0.2, 0.25) is 5.02 Å². The number of hydrogen-bond acceptors (Lipinski definition) is 4. The van der Waals surface area contributed by atoms with Crippen LogP contribution < -0.4 is 0 Å². The Morgan fingerprint density at radius 1 is 1.16 bits per heavy atom. The Kier molecular flexibility index (Phi) is 6.67. The van der Waals surface area contributed by atoms with Crippen LogP contribution in [-0.4, -0.2) is 29.1 Å². The van der Waals surface area contributed by atoms with Gasteiger partial charge in [-0.3, -0.25) is 0 Å². The normalized spacial score (nSPS) is 17.5. The molecule has 1 fully saturated rings. The molecule has 160 valence electrons. The van der Waals surface area contributed by atoms with E-state index in [0.29, 0.717) is 22.7 Å². The molecule has 1 saturated carbocycles. The molecule has 0 bridgehead atoms. The summed E-state index contributed by atoms with van der Waals surface area (Å²) in [6.45, 7) is 0. The third-order valence-corrected chi connectivity index (χ3v) is 6.02. The predicted molar refractivity (Wildman–Crippen MR) is 121 cm³/mol. The molecule has 0 spiro atoms. The third kappa shape index (κ3) is 5.31. The lowest BCUT2D eigenvalue weighted by Crippen LogP contribution is -2.29. The van der Waals surface area contributed by atoms with Crippen LogP contribution in [0, 0.1) is 11.7 Å². The number of aromatic nitrogens is 2. The summed E-state index contributed by atoms with van der Waals surface area (Å²) in [5, 5.41) is 4.70. The fourth-order valence-corrected chi connectivity index (χ4v) is 4.43. The van der Waals surface area contributed by atoms with Gasteiger partial charge in [0, 0.05) is 22.7 Å². The molecule has 0 N–H and O–H groups in total. The van der Waals surface area contributed by atoms with Crippen LogP contribution >= 0.6 is 11.6 Å². The SMILES string of the molecule is CN(C)C(c1cccc(F)c1)C1CCC(=C=Cc2nc(-c3ccc(Cl)cc3)no2)CC1. The van der Waals surface area contributed by atoms with Gasteiger partial charge in [0.2, 0.25) is 5.82 Å². The number of allylic oxidation sites excluding steroid dienone is 1. The van der Waals surface area contributed by atoms with E-state index in [-0.39, 0.29) is 11.9 Å². The zero-order valence-electron chi connectivity index (χ0n) is 17.7. The second-order valence-corrected chi connectivity index (χ2v) is 8.59. The molecule has 1 heterocycles. The molecule has 0 saturated heterocycles. The van der Waals surface area contributed by atoms with Gasteiger partial charge in [0.1, 0.15) is 5.82 Å². The molecule has 1 aromatic heterocycles. The lowest BCUT2D eigenvalue weighted by Gasteiger charge is -2.35. The monoisotopic (exact) mass is 437 g/mol. The Morgan fingerprint density at radius 3 is 2.58 bits per heavy atom. The number of hydrogen-bond donors (Lipinski definition) is 0. The summed E-state index contributed by atoms with van der Waals surface area (Å²) in [5.74, 6) is 1.26. The summed E-state index contributed by atoms with van der Waals surface area (Å²) < 4.78 is 19.1. The molecule has 0 amide bonds. The summed E-state index contributed by atoms with van der Waals surface area (Å²) in [7, 11) is 4.13. The Balaban J connectivity index is 1.43. The van der Waals surface area contributed by atoms with Gasteiger partial charge in [-0.1, -0.05) is 28.9 Å². The fraction of sp³-hybridized carbons (Fsp3) is 0.320. The van der Waals surface area contributed by atoms with Crippen molar-refractivity contribution in [1.82, 2.24) is 15.0 Å². The first-order valence-corrected chi connectivity index (χ1v) is 10.8. The van der Waals surface area contributed by atoms with Crippen molar-refractivity contribution in [2.24, 2.45) is 5.92 Å². The van der Waals surface area contributed by atoms with E-state index in [0.717, 1.165) is 36.8 Å². The van der Waals surface area contributed by atoms with Gasteiger partial charge in [-0.15, -0.1) is 5.73 Å². The van der Waals surface area contributed by atoms with Crippen molar-refractivity contribution in [2.75, 3.05) is 14.1 Å². The van der Waals surface area contributed by atoms with Crippen LogP contribution in [0.3, 0.4) is 0 Å². The van der Waals surface area contributed by atoms with Gasteiger partial charge >= 0.3 is 0 Å². The Hall–Kier alpha value is -2.72. The average Bonchev–Trinajstić information content (AvgIpc) is 3.23. The minimum atomic E-state index is -0.179. The molecular formula is C25H25ClFN3O. The van der Waals surface area contributed by atoms with Crippen LogP contribution in [0.1, 0.15) is 43.2 Å². The van der Waals surface area contributed by atoms with Crippen molar-refractivity contribution in [3.8, 4) is 11.4 Å². The van der Waals surface area contributed by atoms with Gasteiger partial charge in [-0.05, 0) is 93.2 Å². The maximum atomic E-state index is 13.7. The van der Waals surface area contributed by atoms with Crippen molar-refractivity contribution in [3.63, 3.8) is 0 Å². The van der Waals surface area contributed by atoms with E-state index in [4.69, 9.17) is 16.1 Å². The minimum absolute atomic E-state index is 0.179. The summed E-state index contributed by atoms with van der Waals surface area (Å²) in [6.07, 6.45) is 5.75. The summed E-state index contributed by atoms with van der Waals surface area (Å²) >= 11 is 5.93. The molecule has 0 radical (unpaired) electrons. The van der Waals surface area contributed by atoms with E-state index in [1.54, 1.807) is 30.3 Å². The first-order chi connectivity index (χ1) is 15.0. The Morgan fingerprint density at radius 2 is 1.90 bits per heavy atom. The Labute approximate surface area is 187 Å². The standard InChI is InChI=1S/C25H25ClFN3O/c1-30(2)24(20-4-3-5-22(27)16-20)18-9-6-17(7-10-18)8-15-23-28-25(29-31-23)19-11-13-21(26)14-12-19/h3-5,11-16,18,24H,6-7,9-10H2,1-2H3. The van der Waals surface area contributed by atoms with Gasteiger partial charge in [-0.25, -0.2) is 4.39 Å². The first kappa shape index (κ1) is 21.5. The van der Waals surface area contributed by atoms with Crippen molar-refractivity contribution in [1.29, 1.82) is 0 Å². The number of nitrogens with zero attached hydrogens (tertiary/aromatic N) is 3. The Bertz CT molecular complexity index is 1090. The molecule has 4 rings (SSSR count). The quantitative estimate of drug-likeness (QED) is 0.424. The highest BCUT2D eigenvalue weighted by Gasteiger charge is 2.28. The summed E-state index contributed by atoms with van der Waals surface area (Å²) in [6, 6.07) is 14.5. The molecule has 4 nitrogen and oxygen atoms in total. The second kappa shape index (κ2) is 9.61.